The SMILES string of the molecule is Cc1ccc(N(C)c2cc(NC#N)ncn2)o1. The second kappa shape index (κ2) is 4.53. The summed E-state index contributed by atoms with van der Waals surface area (Å²) < 4.78 is 5.48. The van der Waals surface area contributed by atoms with Crippen LogP contribution >= 0.6 is 0 Å². The maximum Gasteiger partial charge on any atom is 0.200 e. The van der Waals surface area contributed by atoms with Crippen LogP contribution in [0, 0.1) is 18.4 Å². The zero-order valence-electron chi connectivity index (χ0n) is 9.51. The molecule has 0 bridgehead atoms. The summed E-state index contributed by atoms with van der Waals surface area (Å²) in [5, 5.41) is 11.0. The normalized spacial score (nSPS) is 9.71. The molecular weight excluding hydrogens is 218 g/mol. The second-order valence-corrected chi connectivity index (χ2v) is 3.44. The van der Waals surface area contributed by atoms with Gasteiger partial charge in [-0.2, -0.15) is 5.26 Å². The molecule has 0 fully saturated rings. The summed E-state index contributed by atoms with van der Waals surface area (Å²) in [4.78, 5) is 9.80. The first-order valence-electron chi connectivity index (χ1n) is 4.98. The van der Waals surface area contributed by atoms with Gasteiger partial charge in [-0.25, -0.2) is 9.97 Å². The topological polar surface area (TPSA) is 78.0 Å². The Kier molecular flexibility index (Phi) is 2.92. The van der Waals surface area contributed by atoms with E-state index in [1.165, 1.54) is 6.33 Å². The van der Waals surface area contributed by atoms with Crippen LogP contribution in [0.5, 0.6) is 0 Å². The number of rotatable bonds is 3. The van der Waals surface area contributed by atoms with E-state index in [-0.39, 0.29) is 0 Å². The van der Waals surface area contributed by atoms with E-state index >= 15 is 0 Å². The van der Waals surface area contributed by atoms with Crippen molar-refractivity contribution in [2.24, 2.45) is 0 Å². The molecule has 0 atom stereocenters. The van der Waals surface area contributed by atoms with Crippen LogP contribution in [-0.2, 0) is 0 Å². The van der Waals surface area contributed by atoms with E-state index in [4.69, 9.17) is 9.68 Å². The van der Waals surface area contributed by atoms with Crippen molar-refractivity contribution < 1.29 is 4.42 Å². The highest BCUT2D eigenvalue weighted by molar-refractivity contribution is 5.57. The van der Waals surface area contributed by atoms with E-state index in [1.54, 1.807) is 11.0 Å². The molecule has 0 amide bonds. The number of aryl methyl sites for hydroxylation is 1. The van der Waals surface area contributed by atoms with Crippen LogP contribution in [-0.4, -0.2) is 17.0 Å². The first-order valence-corrected chi connectivity index (χ1v) is 4.98. The maximum absolute atomic E-state index is 8.52. The smallest absolute Gasteiger partial charge is 0.200 e. The molecule has 0 spiro atoms. The molecule has 2 heterocycles. The van der Waals surface area contributed by atoms with Gasteiger partial charge in [-0.05, 0) is 13.0 Å². The molecule has 1 N–H and O–H groups in total. The van der Waals surface area contributed by atoms with Crippen molar-refractivity contribution in [2.45, 2.75) is 6.92 Å². The summed E-state index contributed by atoms with van der Waals surface area (Å²) in [6.45, 7) is 1.87. The molecular formula is C11H11N5O. The van der Waals surface area contributed by atoms with E-state index in [1.807, 2.05) is 32.3 Å². The van der Waals surface area contributed by atoms with Crippen molar-refractivity contribution >= 4 is 17.5 Å². The van der Waals surface area contributed by atoms with Crippen LogP contribution in [0.15, 0.2) is 28.9 Å². The highest BCUT2D eigenvalue weighted by Gasteiger charge is 2.09. The van der Waals surface area contributed by atoms with Crippen molar-refractivity contribution in [3.8, 4) is 6.19 Å². The van der Waals surface area contributed by atoms with Gasteiger partial charge in [0, 0.05) is 19.2 Å². The average Bonchev–Trinajstić information content (AvgIpc) is 2.76. The van der Waals surface area contributed by atoms with Gasteiger partial charge in [-0.15, -0.1) is 0 Å². The third kappa shape index (κ3) is 2.34. The van der Waals surface area contributed by atoms with Gasteiger partial charge in [0.2, 0.25) is 5.88 Å². The van der Waals surface area contributed by atoms with Crippen molar-refractivity contribution in [3.63, 3.8) is 0 Å². The van der Waals surface area contributed by atoms with Crippen molar-refractivity contribution in [3.05, 3.63) is 30.3 Å². The number of anilines is 3. The molecule has 2 aromatic heterocycles. The van der Waals surface area contributed by atoms with Crippen LogP contribution in [0.1, 0.15) is 5.76 Å². The Balaban J connectivity index is 2.28. The number of hydrogen-bond donors (Lipinski definition) is 1. The zero-order valence-corrected chi connectivity index (χ0v) is 9.51. The van der Waals surface area contributed by atoms with Crippen LogP contribution in [0.2, 0.25) is 0 Å². The molecule has 0 saturated heterocycles. The molecule has 0 saturated carbocycles. The van der Waals surface area contributed by atoms with Crippen molar-refractivity contribution in [2.75, 3.05) is 17.3 Å². The number of aromatic nitrogens is 2. The summed E-state index contributed by atoms with van der Waals surface area (Å²) in [6, 6.07) is 5.40. The summed E-state index contributed by atoms with van der Waals surface area (Å²) >= 11 is 0. The van der Waals surface area contributed by atoms with E-state index in [2.05, 4.69) is 15.3 Å². The Hall–Kier alpha value is -2.55. The summed E-state index contributed by atoms with van der Waals surface area (Å²) in [7, 11) is 1.83. The minimum Gasteiger partial charge on any atom is -0.445 e. The first-order chi connectivity index (χ1) is 8.20. The third-order valence-corrected chi connectivity index (χ3v) is 2.24. The molecule has 2 rings (SSSR count). The molecule has 17 heavy (non-hydrogen) atoms. The number of nitrogens with zero attached hydrogens (tertiary/aromatic N) is 4. The van der Waals surface area contributed by atoms with Gasteiger partial charge < -0.3 is 4.42 Å². The fraction of sp³-hybridized carbons (Fsp3) is 0.182. The Morgan fingerprint density at radius 2 is 2.24 bits per heavy atom. The molecule has 0 radical (unpaired) electrons. The minimum atomic E-state index is 0.452. The largest absolute Gasteiger partial charge is 0.445 e. The van der Waals surface area contributed by atoms with Crippen molar-refractivity contribution in [1.29, 1.82) is 5.26 Å². The lowest BCUT2D eigenvalue weighted by Gasteiger charge is -2.14. The van der Waals surface area contributed by atoms with Gasteiger partial charge in [-0.1, -0.05) is 0 Å². The van der Waals surface area contributed by atoms with Crippen LogP contribution in [0.4, 0.5) is 17.5 Å². The lowest BCUT2D eigenvalue weighted by molar-refractivity contribution is 0.537. The summed E-state index contributed by atoms with van der Waals surface area (Å²) in [5.41, 5.74) is 0. The van der Waals surface area contributed by atoms with Crippen LogP contribution < -0.4 is 10.2 Å². The number of nitrogens with one attached hydrogen (secondary N) is 1. The zero-order chi connectivity index (χ0) is 12.3. The lowest BCUT2D eigenvalue weighted by atomic mass is 10.4. The fourth-order valence-corrected chi connectivity index (χ4v) is 1.37. The van der Waals surface area contributed by atoms with E-state index in [0.717, 1.165) is 5.76 Å². The maximum atomic E-state index is 8.52. The fourth-order valence-electron chi connectivity index (χ4n) is 1.37. The molecule has 0 aliphatic heterocycles. The van der Waals surface area contributed by atoms with Gasteiger partial charge in [0.05, 0.1) is 0 Å². The highest BCUT2D eigenvalue weighted by Crippen LogP contribution is 2.24. The number of hydrogen-bond acceptors (Lipinski definition) is 6. The van der Waals surface area contributed by atoms with E-state index in [9.17, 15) is 0 Å². The van der Waals surface area contributed by atoms with E-state index < -0.39 is 0 Å². The first kappa shape index (κ1) is 11.0. The lowest BCUT2D eigenvalue weighted by Crippen LogP contribution is -2.10. The standard InChI is InChI=1S/C11H11N5O/c1-8-3-4-11(17-8)16(2)10-5-9(13-6-12)14-7-15-10/h3-5,7H,1-2H3,(H,13,14,15). The molecule has 0 aliphatic carbocycles. The highest BCUT2D eigenvalue weighted by atomic mass is 16.4. The number of furan rings is 1. The summed E-state index contributed by atoms with van der Waals surface area (Å²) in [5.74, 6) is 2.61. The predicted octanol–water partition coefficient (Wildman–Crippen LogP) is 2.04. The third-order valence-electron chi connectivity index (χ3n) is 2.24. The van der Waals surface area contributed by atoms with Crippen LogP contribution in [0.3, 0.4) is 0 Å². The monoisotopic (exact) mass is 229 g/mol. The Bertz CT molecular complexity index is 557. The second-order valence-electron chi connectivity index (χ2n) is 3.44. The van der Waals surface area contributed by atoms with Gasteiger partial charge in [-0.3, -0.25) is 10.2 Å². The molecule has 2 aromatic rings. The van der Waals surface area contributed by atoms with Gasteiger partial charge >= 0.3 is 0 Å². The minimum absolute atomic E-state index is 0.452. The molecule has 6 nitrogen and oxygen atoms in total. The Morgan fingerprint density at radius 3 is 2.88 bits per heavy atom. The Morgan fingerprint density at radius 1 is 1.41 bits per heavy atom. The van der Waals surface area contributed by atoms with Gasteiger partial charge in [0.1, 0.15) is 23.7 Å². The molecule has 6 heteroatoms. The molecule has 86 valence electrons. The quantitative estimate of drug-likeness (QED) is 0.641. The number of nitriles is 1. The summed E-state index contributed by atoms with van der Waals surface area (Å²) in [6.07, 6.45) is 3.20. The van der Waals surface area contributed by atoms with Gasteiger partial charge in [0.15, 0.2) is 6.19 Å². The van der Waals surface area contributed by atoms with Gasteiger partial charge in [0.25, 0.3) is 0 Å². The van der Waals surface area contributed by atoms with E-state index in [0.29, 0.717) is 17.5 Å². The predicted molar refractivity (Wildman–Crippen MR) is 62.8 cm³/mol. The Labute approximate surface area is 98.5 Å². The van der Waals surface area contributed by atoms with Crippen LogP contribution in [0.25, 0.3) is 0 Å². The average molecular weight is 229 g/mol. The van der Waals surface area contributed by atoms with Crippen molar-refractivity contribution in [1.82, 2.24) is 9.97 Å². The molecule has 0 aliphatic rings. The molecule has 0 unspecified atom stereocenters. The molecule has 0 aromatic carbocycles.